The first kappa shape index (κ1) is 13.4. The van der Waals surface area contributed by atoms with Crippen LogP contribution in [0, 0.1) is 12.3 Å². The molecule has 2 heteroatoms. The van der Waals surface area contributed by atoms with Gasteiger partial charge in [0.1, 0.15) is 0 Å². The highest BCUT2D eigenvalue weighted by Crippen LogP contribution is 2.33. The van der Waals surface area contributed by atoms with Gasteiger partial charge in [0.15, 0.2) is 5.78 Å². The van der Waals surface area contributed by atoms with E-state index in [9.17, 15) is 4.79 Å². The third kappa shape index (κ3) is 2.71. The Labute approximate surface area is 101 Å². The maximum Gasteiger partial charge on any atom is 0.170 e. The van der Waals surface area contributed by atoms with Crippen LogP contribution in [0.25, 0.3) is 0 Å². The zero-order valence-corrected chi connectivity index (χ0v) is 11.7. The number of benzene rings is 1. The lowest BCUT2D eigenvalue weighted by Crippen LogP contribution is -2.31. The van der Waals surface area contributed by atoms with Crippen LogP contribution in [-0.2, 0) is 0 Å². The molecule has 2 atom stereocenters. The molecule has 1 aromatic rings. The summed E-state index contributed by atoms with van der Waals surface area (Å²) in [5.74, 6) is 0.231. The monoisotopic (exact) mass is 236 g/mol. The first-order valence-electron chi connectivity index (χ1n) is 5.75. The van der Waals surface area contributed by atoms with Crippen LogP contribution in [0.1, 0.15) is 43.1 Å². The van der Waals surface area contributed by atoms with E-state index in [-0.39, 0.29) is 16.9 Å². The molecule has 0 aliphatic carbocycles. The van der Waals surface area contributed by atoms with Gasteiger partial charge in [-0.25, -0.2) is 0 Å². The highest BCUT2D eigenvalue weighted by molar-refractivity contribution is 7.19. The van der Waals surface area contributed by atoms with Gasteiger partial charge in [-0.3, -0.25) is 4.79 Å². The quantitative estimate of drug-likeness (QED) is 0.573. The summed E-state index contributed by atoms with van der Waals surface area (Å²) in [7, 11) is 2.71. The van der Waals surface area contributed by atoms with E-state index in [1.807, 2.05) is 31.2 Å². The molecule has 0 fully saturated rings. The Kier molecular flexibility index (Phi) is 4.27. The Balaban J connectivity index is 3.00. The van der Waals surface area contributed by atoms with Gasteiger partial charge in [-0.2, -0.15) is 0 Å². The van der Waals surface area contributed by atoms with Crippen LogP contribution in [0.4, 0.5) is 0 Å². The molecule has 0 bridgehead atoms. The SMILES string of the molecule is CCC(C)(C)C(P)C(=O)c1ccccc1C. The van der Waals surface area contributed by atoms with Crippen LogP contribution in [0.2, 0.25) is 0 Å². The number of ketones is 1. The molecule has 0 saturated carbocycles. The molecule has 0 aromatic heterocycles. The molecule has 0 saturated heterocycles. The summed E-state index contributed by atoms with van der Waals surface area (Å²) >= 11 is 0. The van der Waals surface area contributed by atoms with Crippen LogP contribution < -0.4 is 0 Å². The van der Waals surface area contributed by atoms with Gasteiger partial charge in [-0.05, 0) is 24.3 Å². The molecule has 1 rings (SSSR count). The van der Waals surface area contributed by atoms with Crippen LogP contribution in [0.15, 0.2) is 24.3 Å². The second-order valence-electron chi connectivity index (χ2n) is 5.00. The Hall–Kier alpha value is -0.680. The van der Waals surface area contributed by atoms with Gasteiger partial charge >= 0.3 is 0 Å². The third-order valence-electron chi connectivity index (χ3n) is 3.45. The van der Waals surface area contributed by atoms with Crippen molar-refractivity contribution in [3.05, 3.63) is 35.4 Å². The number of Topliss-reactive ketones (excluding diaryl/α,β-unsaturated/α-hetero) is 1. The zero-order chi connectivity index (χ0) is 12.3. The predicted octanol–water partition coefficient (Wildman–Crippen LogP) is 3.86. The fraction of sp³-hybridized carbons (Fsp3) is 0.500. The van der Waals surface area contributed by atoms with Crippen LogP contribution >= 0.6 is 9.24 Å². The van der Waals surface area contributed by atoms with E-state index >= 15 is 0 Å². The lowest BCUT2D eigenvalue weighted by molar-refractivity contribution is 0.0939. The summed E-state index contributed by atoms with van der Waals surface area (Å²) in [5, 5.41) is 0. The fourth-order valence-corrected chi connectivity index (χ4v) is 2.01. The molecule has 2 unspecified atom stereocenters. The van der Waals surface area contributed by atoms with E-state index in [0.29, 0.717) is 0 Å². The normalized spacial score (nSPS) is 13.6. The van der Waals surface area contributed by atoms with E-state index in [2.05, 4.69) is 30.0 Å². The number of carbonyl (C=O) groups is 1. The average molecular weight is 236 g/mol. The third-order valence-corrected chi connectivity index (χ3v) is 4.65. The van der Waals surface area contributed by atoms with E-state index in [1.165, 1.54) is 0 Å². The van der Waals surface area contributed by atoms with Gasteiger partial charge in [-0.1, -0.05) is 45.0 Å². The molecule has 1 aromatic carbocycles. The second kappa shape index (κ2) is 5.10. The van der Waals surface area contributed by atoms with Crippen molar-refractivity contribution in [3.63, 3.8) is 0 Å². The fourth-order valence-electron chi connectivity index (χ4n) is 1.59. The summed E-state index contributed by atoms with van der Waals surface area (Å²) in [6.07, 6.45) is 0.999. The largest absolute Gasteiger partial charge is 0.293 e. The minimum atomic E-state index is -0.0152. The second-order valence-corrected chi connectivity index (χ2v) is 5.67. The molecule has 0 heterocycles. The number of hydrogen-bond donors (Lipinski definition) is 0. The Bertz CT molecular complexity index is 382. The summed E-state index contributed by atoms with van der Waals surface area (Å²) in [6.45, 7) is 8.40. The molecule has 1 nitrogen and oxygen atoms in total. The van der Waals surface area contributed by atoms with Gasteiger partial charge in [0.2, 0.25) is 0 Å². The smallest absolute Gasteiger partial charge is 0.170 e. The number of rotatable bonds is 4. The number of carbonyl (C=O) groups excluding carboxylic acids is 1. The molecule has 0 spiro atoms. The van der Waals surface area contributed by atoms with Crippen molar-refractivity contribution in [2.45, 2.75) is 39.8 Å². The molecule has 0 aliphatic rings. The average Bonchev–Trinajstić information content (AvgIpc) is 2.27. The van der Waals surface area contributed by atoms with Crippen molar-refractivity contribution in [3.8, 4) is 0 Å². The maximum atomic E-state index is 12.4. The first-order valence-corrected chi connectivity index (χ1v) is 6.42. The summed E-state index contributed by atoms with van der Waals surface area (Å²) in [5.41, 5.74) is 1.93. The lowest BCUT2D eigenvalue weighted by atomic mass is 9.82. The number of aryl methyl sites for hydroxylation is 1. The van der Waals surface area contributed by atoms with Crippen molar-refractivity contribution in [1.29, 1.82) is 0 Å². The molecule has 0 amide bonds. The van der Waals surface area contributed by atoms with Crippen molar-refractivity contribution in [2.75, 3.05) is 0 Å². The Morgan fingerprint density at radius 3 is 2.44 bits per heavy atom. The Morgan fingerprint density at radius 2 is 1.94 bits per heavy atom. The predicted molar refractivity (Wildman–Crippen MR) is 73.1 cm³/mol. The molecular weight excluding hydrogens is 215 g/mol. The number of hydrogen-bond acceptors (Lipinski definition) is 1. The van der Waals surface area contributed by atoms with Crippen molar-refractivity contribution < 1.29 is 4.79 Å². The highest BCUT2D eigenvalue weighted by Gasteiger charge is 2.30. The summed E-state index contributed by atoms with van der Waals surface area (Å²) in [6, 6.07) is 7.80. The maximum absolute atomic E-state index is 12.4. The van der Waals surface area contributed by atoms with Crippen LogP contribution in [-0.4, -0.2) is 11.4 Å². The van der Waals surface area contributed by atoms with Gasteiger partial charge in [-0.15, -0.1) is 9.24 Å². The van der Waals surface area contributed by atoms with Gasteiger partial charge in [0, 0.05) is 11.2 Å². The standard InChI is InChI=1S/C14H21OP/c1-5-14(3,4)13(16)12(15)11-9-7-6-8-10(11)2/h6-9,13H,5,16H2,1-4H3. The lowest BCUT2D eigenvalue weighted by Gasteiger charge is -2.29. The minimum Gasteiger partial charge on any atom is -0.293 e. The molecule has 88 valence electrons. The van der Waals surface area contributed by atoms with E-state index in [1.54, 1.807) is 0 Å². The van der Waals surface area contributed by atoms with Gasteiger partial charge < -0.3 is 0 Å². The van der Waals surface area contributed by atoms with Crippen molar-refractivity contribution in [2.24, 2.45) is 5.41 Å². The molecular formula is C14H21OP. The molecule has 0 aliphatic heterocycles. The molecule has 16 heavy (non-hydrogen) atoms. The topological polar surface area (TPSA) is 17.1 Å². The molecule has 0 radical (unpaired) electrons. The van der Waals surface area contributed by atoms with Crippen molar-refractivity contribution in [1.82, 2.24) is 0 Å². The minimum absolute atomic E-state index is 0.0152. The first-order chi connectivity index (χ1) is 7.40. The van der Waals surface area contributed by atoms with Gasteiger partial charge in [0.25, 0.3) is 0 Å². The Morgan fingerprint density at radius 1 is 1.38 bits per heavy atom. The van der Waals surface area contributed by atoms with E-state index in [4.69, 9.17) is 0 Å². The molecule has 0 N–H and O–H groups in total. The summed E-state index contributed by atoms with van der Waals surface area (Å²) in [4.78, 5) is 12.4. The van der Waals surface area contributed by atoms with E-state index < -0.39 is 0 Å². The zero-order valence-electron chi connectivity index (χ0n) is 10.6. The van der Waals surface area contributed by atoms with Crippen LogP contribution in [0.3, 0.4) is 0 Å². The van der Waals surface area contributed by atoms with Crippen molar-refractivity contribution >= 4 is 15.0 Å². The van der Waals surface area contributed by atoms with E-state index in [0.717, 1.165) is 17.5 Å². The van der Waals surface area contributed by atoms with Crippen LogP contribution in [0.5, 0.6) is 0 Å². The highest BCUT2D eigenvalue weighted by atomic mass is 31.0. The van der Waals surface area contributed by atoms with Gasteiger partial charge in [0.05, 0.1) is 0 Å². The summed E-state index contributed by atoms with van der Waals surface area (Å²) < 4.78 is 0.